The number of thioether (sulfide) groups is 1. The van der Waals surface area contributed by atoms with Crippen LogP contribution in [0.5, 0.6) is 5.75 Å². The Kier molecular flexibility index (Phi) is 6.53. The number of hydrogen-bond acceptors (Lipinski definition) is 5. The normalized spacial score (nSPS) is 10.7. The molecule has 2 aromatic carbocycles. The van der Waals surface area contributed by atoms with Crippen molar-refractivity contribution in [3.8, 4) is 5.75 Å². The lowest BCUT2D eigenvalue weighted by Gasteiger charge is -2.09. The molecule has 0 radical (unpaired) electrons. The zero-order valence-electron chi connectivity index (χ0n) is 15.3. The van der Waals surface area contributed by atoms with Crippen molar-refractivity contribution in [1.29, 1.82) is 0 Å². The topological polar surface area (TPSA) is 69.0 Å². The van der Waals surface area contributed by atoms with E-state index in [9.17, 15) is 9.18 Å². The van der Waals surface area contributed by atoms with Gasteiger partial charge in [0, 0.05) is 12.7 Å². The predicted molar refractivity (Wildman–Crippen MR) is 107 cm³/mol. The van der Waals surface area contributed by atoms with Gasteiger partial charge in [-0.05, 0) is 36.8 Å². The van der Waals surface area contributed by atoms with Gasteiger partial charge in [-0.3, -0.25) is 4.79 Å². The van der Waals surface area contributed by atoms with Crippen molar-refractivity contribution in [2.75, 3.05) is 11.1 Å². The van der Waals surface area contributed by atoms with Gasteiger partial charge < -0.3 is 14.6 Å². The molecule has 3 aromatic rings. The number of aryl methyl sites for hydroxylation is 1. The summed E-state index contributed by atoms with van der Waals surface area (Å²) in [5.74, 6) is 0.628. The van der Waals surface area contributed by atoms with Gasteiger partial charge in [-0.1, -0.05) is 41.6 Å². The summed E-state index contributed by atoms with van der Waals surface area (Å²) in [5.41, 5.74) is 1.25. The van der Waals surface area contributed by atoms with E-state index >= 15 is 0 Å². The van der Waals surface area contributed by atoms with Gasteiger partial charge in [0.15, 0.2) is 11.0 Å². The molecule has 1 heterocycles. The summed E-state index contributed by atoms with van der Waals surface area (Å²) in [6, 6.07) is 11.4. The standard InChI is InChI=1S/C19H18ClFN4O2S/c1-12-7-8-13(21)9-15(12)22-18(26)11-28-19-24-23-17(25(19)2)10-27-16-6-4-3-5-14(16)20/h3-9H,10-11H2,1-2H3,(H,22,26). The maximum absolute atomic E-state index is 13.3. The van der Waals surface area contributed by atoms with E-state index in [4.69, 9.17) is 16.3 Å². The third-order valence-electron chi connectivity index (χ3n) is 3.92. The summed E-state index contributed by atoms with van der Waals surface area (Å²) < 4.78 is 20.7. The molecule has 0 fully saturated rings. The van der Waals surface area contributed by atoms with Crippen LogP contribution in [0, 0.1) is 12.7 Å². The Morgan fingerprint density at radius 3 is 2.86 bits per heavy atom. The van der Waals surface area contributed by atoms with Gasteiger partial charge in [-0.2, -0.15) is 0 Å². The molecule has 0 unspecified atom stereocenters. The molecular formula is C19H18ClFN4O2S. The molecule has 0 saturated heterocycles. The fourth-order valence-corrected chi connectivity index (χ4v) is 3.27. The highest BCUT2D eigenvalue weighted by Gasteiger charge is 2.13. The minimum Gasteiger partial charge on any atom is -0.484 e. The molecule has 0 bridgehead atoms. The Balaban J connectivity index is 1.56. The Hall–Kier alpha value is -2.58. The van der Waals surface area contributed by atoms with E-state index in [0.717, 1.165) is 5.56 Å². The van der Waals surface area contributed by atoms with E-state index in [1.807, 2.05) is 12.1 Å². The lowest BCUT2D eigenvalue weighted by Crippen LogP contribution is -2.15. The largest absolute Gasteiger partial charge is 0.484 e. The van der Waals surface area contributed by atoms with E-state index in [0.29, 0.717) is 27.4 Å². The van der Waals surface area contributed by atoms with E-state index in [2.05, 4.69) is 15.5 Å². The van der Waals surface area contributed by atoms with E-state index < -0.39 is 5.82 Å². The quantitative estimate of drug-likeness (QED) is 0.579. The number of rotatable bonds is 7. The van der Waals surface area contributed by atoms with Crippen LogP contribution in [-0.4, -0.2) is 26.4 Å². The molecule has 3 rings (SSSR count). The molecule has 0 aliphatic heterocycles. The molecule has 0 saturated carbocycles. The molecule has 0 aliphatic carbocycles. The average Bonchev–Trinajstić information content (AvgIpc) is 3.02. The van der Waals surface area contributed by atoms with Crippen molar-refractivity contribution in [1.82, 2.24) is 14.8 Å². The lowest BCUT2D eigenvalue weighted by molar-refractivity contribution is -0.113. The summed E-state index contributed by atoms with van der Waals surface area (Å²) in [4.78, 5) is 12.2. The first kappa shape index (κ1) is 20.2. The van der Waals surface area contributed by atoms with Gasteiger partial charge in [-0.15, -0.1) is 10.2 Å². The molecule has 0 atom stereocenters. The average molecular weight is 421 g/mol. The highest BCUT2D eigenvalue weighted by molar-refractivity contribution is 7.99. The van der Waals surface area contributed by atoms with Gasteiger partial charge in [0.05, 0.1) is 10.8 Å². The van der Waals surface area contributed by atoms with Crippen molar-refractivity contribution in [2.24, 2.45) is 7.05 Å². The van der Waals surface area contributed by atoms with Crippen LogP contribution in [0.3, 0.4) is 0 Å². The van der Waals surface area contributed by atoms with Crippen LogP contribution in [0.1, 0.15) is 11.4 Å². The van der Waals surface area contributed by atoms with Crippen molar-refractivity contribution >= 4 is 35.0 Å². The van der Waals surface area contributed by atoms with Crippen molar-refractivity contribution < 1.29 is 13.9 Å². The number of para-hydroxylation sites is 1. The zero-order chi connectivity index (χ0) is 20.1. The maximum atomic E-state index is 13.3. The summed E-state index contributed by atoms with van der Waals surface area (Å²) >= 11 is 7.30. The number of carbonyl (C=O) groups excluding carboxylic acids is 1. The van der Waals surface area contributed by atoms with Gasteiger partial charge >= 0.3 is 0 Å². The number of amides is 1. The number of aromatic nitrogens is 3. The Morgan fingerprint density at radius 2 is 2.07 bits per heavy atom. The third-order valence-corrected chi connectivity index (χ3v) is 5.26. The van der Waals surface area contributed by atoms with Crippen LogP contribution >= 0.6 is 23.4 Å². The Bertz CT molecular complexity index is 996. The highest BCUT2D eigenvalue weighted by atomic mass is 35.5. The summed E-state index contributed by atoms with van der Waals surface area (Å²) in [6.45, 7) is 2.00. The van der Waals surface area contributed by atoms with Gasteiger partial charge in [-0.25, -0.2) is 4.39 Å². The number of anilines is 1. The van der Waals surface area contributed by atoms with E-state index in [-0.39, 0.29) is 18.3 Å². The molecule has 6 nitrogen and oxygen atoms in total. The first-order chi connectivity index (χ1) is 13.4. The monoisotopic (exact) mass is 420 g/mol. The van der Waals surface area contributed by atoms with E-state index in [1.165, 1.54) is 23.9 Å². The number of nitrogens with one attached hydrogen (secondary N) is 1. The molecule has 9 heteroatoms. The maximum Gasteiger partial charge on any atom is 0.234 e. The van der Waals surface area contributed by atoms with Crippen molar-refractivity contribution in [3.05, 3.63) is 64.7 Å². The molecule has 0 spiro atoms. The highest BCUT2D eigenvalue weighted by Crippen LogP contribution is 2.24. The molecule has 1 aromatic heterocycles. The van der Waals surface area contributed by atoms with E-state index in [1.54, 1.807) is 36.7 Å². The van der Waals surface area contributed by atoms with Crippen molar-refractivity contribution in [2.45, 2.75) is 18.7 Å². The number of carbonyl (C=O) groups is 1. The minimum absolute atomic E-state index is 0.118. The van der Waals surface area contributed by atoms with Crippen LogP contribution in [0.15, 0.2) is 47.6 Å². The SMILES string of the molecule is Cc1ccc(F)cc1NC(=O)CSc1nnc(COc2ccccc2Cl)n1C. The molecule has 146 valence electrons. The number of ether oxygens (including phenoxy) is 1. The fourth-order valence-electron chi connectivity index (χ4n) is 2.35. The van der Waals surface area contributed by atoms with Crippen LogP contribution in [0.4, 0.5) is 10.1 Å². The van der Waals surface area contributed by atoms with Crippen molar-refractivity contribution in [3.63, 3.8) is 0 Å². The third kappa shape index (κ3) is 5.02. The van der Waals surface area contributed by atoms with Gasteiger partial charge in [0.25, 0.3) is 0 Å². The second-order valence-electron chi connectivity index (χ2n) is 5.97. The number of nitrogens with zero attached hydrogens (tertiary/aromatic N) is 3. The summed E-state index contributed by atoms with van der Waals surface area (Å²) in [5, 5.41) is 12.0. The zero-order valence-corrected chi connectivity index (χ0v) is 16.9. The van der Waals surface area contributed by atoms with Gasteiger partial charge in [0.1, 0.15) is 18.2 Å². The van der Waals surface area contributed by atoms with Crippen LogP contribution < -0.4 is 10.1 Å². The fraction of sp³-hybridized carbons (Fsp3) is 0.211. The molecule has 1 N–H and O–H groups in total. The van der Waals surface area contributed by atoms with Crippen LogP contribution in [-0.2, 0) is 18.4 Å². The summed E-state index contributed by atoms with van der Waals surface area (Å²) in [6.07, 6.45) is 0. The smallest absolute Gasteiger partial charge is 0.234 e. The lowest BCUT2D eigenvalue weighted by atomic mass is 10.2. The number of hydrogen-bond donors (Lipinski definition) is 1. The second kappa shape index (κ2) is 9.07. The predicted octanol–water partition coefficient (Wildman–Crippen LogP) is 4.23. The Morgan fingerprint density at radius 1 is 1.29 bits per heavy atom. The summed E-state index contributed by atoms with van der Waals surface area (Å²) in [7, 11) is 1.79. The first-order valence-corrected chi connectivity index (χ1v) is 9.75. The minimum atomic E-state index is -0.398. The Labute approximate surface area is 171 Å². The second-order valence-corrected chi connectivity index (χ2v) is 7.32. The molecule has 1 amide bonds. The number of halogens is 2. The van der Waals surface area contributed by atoms with Crippen LogP contribution in [0.2, 0.25) is 5.02 Å². The molecule has 28 heavy (non-hydrogen) atoms. The van der Waals surface area contributed by atoms with Gasteiger partial charge in [0.2, 0.25) is 5.91 Å². The molecule has 0 aliphatic rings. The molecular weight excluding hydrogens is 403 g/mol. The number of benzene rings is 2. The van der Waals surface area contributed by atoms with Crippen LogP contribution in [0.25, 0.3) is 0 Å². The first-order valence-electron chi connectivity index (χ1n) is 8.38.